The highest BCUT2D eigenvalue weighted by atomic mass is 19.2. The van der Waals surface area contributed by atoms with E-state index in [1.807, 2.05) is 0 Å². The molecule has 2 saturated carbocycles. The average Bonchev–Trinajstić information content (AvgIpc) is 2.60. The van der Waals surface area contributed by atoms with Gasteiger partial charge in [-0.05, 0) is 73.8 Å². The Morgan fingerprint density at radius 1 is 0.783 bits per heavy atom. The molecule has 3 heteroatoms. The van der Waals surface area contributed by atoms with E-state index in [1.54, 1.807) is 0 Å². The van der Waals surface area contributed by atoms with Gasteiger partial charge >= 0.3 is 0 Å². The Morgan fingerprint density at radius 2 is 1.35 bits per heavy atom. The molecule has 23 heavy (non-hydrogen) atoms. The summed E-state index contributed by atoms with van der Waals surface area (Å²) in [4.78, 5) is 0. The van der Waals surface area contributed by atoms with E-state index in [0.717, 1.165) is 49.5 Å². The summed E-state index contributed by atoms with van der Waals surface area (Å²) in [6.45, 7) is 2.28. The van der Waals surface area contributed by atoms with E-state index in [4.69, 9.17) is 0 Å². The number of rotatable bonds is 3. The Kier molecular flexibility index (Phi) is 5.33. The van der Waals surface area contributed by atoms with Crippen molar-refractivity contribution in [1.29, 1.82) is 0 Å². The van der Waals surface area contributed by atoms with Gasteiger partial charge in [-0.2, -0.15) is 0 Å². The summed E-state index contributed by atoms with van der Waals surface area (Å²) in [5.74, 6) is -0.842. The molecule has 2 aliphatic rings. The molecule has 2 aliphatic carbocycles. The maximum absolute atomic E-state index is 14.0. The lowest BCUT2D eigenvalue weighted by atomic mass is 9.68. The van der Waals surface area contributed by atoms with Crippen molar-refractivity contribution in [3.05, 3.63) is 35.1 Å². The first kappa shape index (κ1) is 16.9. The zero-order valence-corrected chi connectivity index (χ0v) is 14.0. The fraction of sp³-hybridized carbons (Fsp3) is 0.700. The molecule has 128 valence electrons. The monoisotopic (exact) mass is 324 g/mol. The fourth-order valence-electron chi connectivity index (χ4n) is 4.83. The smallest absolute Gasteiger partial charge is 0.194 e. The highest BCUT2D eigenvalue weighted by Crippen LogP contribution is 2.44. The number of halogens is 3. The van der Waals surface area contributed by atoms with E-state index in [1.165, 1.54) is 38.2 Å². The molecule has 0 spiro atoms. The molecule has 0 atom stereocenters. The van der Waals surface area contributed by atoms with Gasteiger partial charge < -0.3 is 0 Å². The number of benzene rings is 1. The van der Waals surface area contributed by atoms with Crippen molar-refractivity contribution in [2.24, 2.45) is 17.8 Å². The van der Waals surface area contributed by atoms with Crippen molar-refractivity contribution in [2.45, 2.75) is 70.6 Å². The van der Waals surface area contributed by atoms with Crippen LogP contribution in [0.3, 0.4) is 0 Å². The molecular formula is C20H27F3. The minimum absolute atomic E-state index is 0.0494. The molecule has 0 amide bonds. The molecule has 0 radical (unpaired) electrons. The molecular weight excluding hydrogens is 297 g/mol. The van der Waals surface area contributed by atoms with Crippen LogP contribution in [-0.2, 0) is 0 Å². The highest BCUT2D eigenvalue weighted by molar-refractivity contribution is 5.24. The van der Waals surface area contributed by atoms with Crippen LogP contribution >= 0.6 is 0 Å². The highest BCUT2D eigenvalue weighted by Gasteiger charge is 2.32. The minimum Gasteiger partial charge on any atom is -0.204 e. The first-order valence-electron chi connectivity index (χ1n) is 9.23. The second-order valence-electron chi connectivity index (χ2n) is 7.57. The first-order chi connectivity index (χ1) is 11.1. The average molecular weight is 324 g/mol. The van der Waals surface area contributed by atoms with Gasteiger partial charge in [0.15, 0.2) is 17.5 Å². The van der Waals surface area contributed by atoms with E-state index >= 15 is 0 Å². The Morgan fingerprint density at radius 3 is 1.91 bits per heavy atom. The second-order valence-corrected chi connectivity index (χ2v) is 7.57. The summed E-state index contributed by atoms with van der Waals surface area (Å²) >= 11 is 0. The normalized spacial score (nSPS) is 32.0. The first-order valence-corrected chi connectivity index (χ1v) is 9.23. The van der Waals surface area contributed by atoms with Crippen molar-refractivity contribution >= 4 is 0 Å². The lowest BCUT2D eigenvalue weighted by Gasteiger charge is -2.38. The molecule has 1 aromatic rings. The lowest BCUT2D eigenvalue weighted by Crippen LogP contribution is -2.25. The van der Waals surface area contributed by atoms with Gasteiger partial charge in [0, 0.05) is 0 Å². The molecule has 1 aromatic carbocycles. The van der Waals surface area contributed by atoms with Gasteiger partial charge in [0.1, 0.15) is 0 Å². The van der Waals surface area contributed by atoms with Crippen LogP contribution < -0.4 is 0 Å². The predicted molar refractivity (Wildman–Crippen MR) is 86.8 cm³/mol. The summed E-state index contributed by atoms with van der Waals surface area (Å²) < 4.78 is 40.5. The summed E-state index contributed by atoms with van der Waals surface area (Å²) in [6, 6.07) is 2.50. The SMILES string of the molecule is CC[C@H]1CC[C@H]([C@H]2CC[C@H](c3ccc(F)c(F)c3F)CC2)CC1. The number of hydrogen-bond acceptors (Lipinski definition) is 0. The van der Waals surface area contributed by atoms with E-state index in [0.29, 0.717) is 5.56 Å². The summed E-state index contributed by atoms with van der Waals surface area (Å²) in [5.41, 5.74) is 0.372. The van der Waals surface area contributed by atoms with E-state index in [2.05, 4.69) is 6.92 Å². The topological polar surface area (TPSA) is 0 Å². The molecule has 0 aromatic heterocycles. The summed E-state index contributed by atoms with van der Waals surface area (Å²) in [6.07, 6.45) is 10.7. The van der Waals surface area contributed by atoms with Crippen molar-refractivity contribution in [2.75, 3.05) is 0 Å². The Balaban J connectivity index is 1.58. The minimum atomic E-state index is -1.32. The third-order valence-electron chi connectivity index (χ3n) is 6.41. The van der Waals surface area contributed by atoms with Gasteiger partial charge in [-0.1, -0.05) is 32.3 Å². The molecule has 0 heterocycles. The Bertz CT molecular complexity index is 524. The van der Waals surface area contributed by atoms with Gasteiger partial charge in [-0.25, -0.2) is 13.2 Å². The quantitative estimate of drug-likeness (QED) is 0.550. The molecule has 0 N–H and O–H groups in total. The molecule has 0 nitrogen and oxygen atoms in total. The zero-order chi connectivity index (χ0) is 16.4. The van der Waals surface area contributed by atoms with Crippen LogP contribution in [0.5, 0.6) is 0 Å². The zero-order valence-electron chi connectivity index (χ0n) is 14.0. The van der Waals surface area contributed by atoms with Crippen LogP contribution in [0.25, 0.3) is 0 Å². The third-order valence-corrected chi connectivity index (χ3v) is 6.41. The Labute approximate surface area is 137 Å². The molecule has 2 fully saturated rings. The number of hydrogen-bond donors (Lipinski definition) is 0. The van der Waals surface area contributed by atoms with Gasteiger partial charge in [0.2, 0.25) is 0 Å². The van der Waals surface area contributed by atoms with Crippen LogP contribution in [0.4, 0.5) is 13.2 Å². The van der Waals surface area contributed by atoms with Crippen LogP contribution in [0.2, 0.25) is 0 Å². The van der Waals surface area contributed by atoms with Crippen LogP contribution in [0, 0.1) is 35.2 Å². The van der Waals surface area contributed by atoms with Gasteiger partial charge in [-0.3, -0.25) is 0 Å². The molecule has 0 unspecified atom stereocenters. The van der Waals surface area contributed by atoms with Crippen LogP contribution in [0.1, 0.15) is 76.2 Å². The molecule has 0 bridgehead atoms. The van der Waals surface area contributed by atoms with E-state index in [-0.39, 0.29) is 5.92 Å². The standard InChI is InChI=1S/C20H27F3/c1-2-13-3-5-14(6-4-13)15-7-9-16(10-8-15)17-11-12-18(21)20(23)19(17)22/h11-16H,2-10H2,1H3/t13-,14-,15-,16-. The van der Waals surface area contributed by atoms with Crippen molar-refractivity contribution < 1.29 is 13.2 Å². The second kappa shape index (κ2) is 7.27. The third kappa shape index (κ3) is 3.59. The Hall–Kier alpha value is -0.990. The van der Waals surface area contributed by atoms with Gasteiger partial charge in [0.05, 0.1) is 0 Å². The van der Waals surface area contributed by atoms with E-state index < -0.39 is 17.5 Å². The molecule has 3 rings (SSSR count). The molecule has 0 saturated heterocycles. The largest absolute Gasteiger partial charge is 0.204 e. The summed E-state index contributed by atoms with van der Waals surface area (Å²) in [5, 5.41) is 0. The van der Waals surface area contributed by atoms with Crippen molar-refractivity contribution in [3.8, 4) is 0 Å². The summed E-state index contributed by atoms with van der Waals surface area (Å²) in [7, 11) is 0. The fourth-order valence-corrected chi connectivity index (χ4v) is 4.83. The van der Waals surface area contributed by atoms with Crippen LogP contribution in [-0.4, -0.2) is 0 Å². The van der Waals surface area contributed by atoms with E-state index in [9.17, 15) is 13.2 Å². The maximum Gasteiger partial charge on any atom is 0.194 e. The van der Waals surface area contributed by atoms with Crippen LogP contribution in [0.15, 0.2) is 12.1 Å². The molecule has 0 aliphatic heterocycles. The predicted octanol–water partition coefficient (Wildman–Crippen LogP) is 6.59. The van der Waals surface area contributed by atoms with Crippen molar-refractivity contribution in [1.82, 2.24) is 0 Å². The van der Waals surface area contributed by atoms with Gasteiger partial charge in [-0.15, -0.1) is 0 Å². The van der Waals surface area contributed by atoms with Gasteiger partial charge in [0.25, 0.3) is 0 Å². The maximum atomic E-state index is 14.0. The van der Waals surface area contributed by atoms with Crippen molar-refractivity contribution in [3.63, 3.8) is 0 Å². The lowest BCUT2D eigenvalue weighted by molar-refractivity contribution is 0.158.